The summed E-state index contributed by atoms with van der Waals surface area (Å²) in [5.74, 6) is 4.54. The van der Waals surface area contributed by atoms with Crippen LogP contribution in [0.1, 0.15) is 83.5 Å². The molecule has 0 nitrogen and oxygen atoms in total. The minimum absolute atomic E-state index is 1.13. The molecule has 3 aliphatic carbocycles. The Bertz CT molecular complexity index is 208. The van der Waals surface area contributed by atoms with Gasteiger partial charge in [-0.05, 0) is 36.5 Å². The van der Waals surface area contributed by atoms with Gasteiger partial charge in [-0.25, -0.2) is 0 Å². The van der Waals surface area contributed by atoms with Gasteiger partial charge < -0.3 is 0 Å². The Kier molecular flexibility index (Phi) is 4.08. The molecule has 0 amide bonds. The number of rotatable bonds is 0. The summed E-state index contributed by atoms with van der Waals surface area (Å²) in [6, 6.07) is 0. The van der Waals surface area contributed by atoms with Gasteiger partial charge in [-0.1, -0.05) is 70.6 Å². The van der Waals surface area contributed by atoms with E-state index in [9.17, 15) is 0 Å². The van der Waals surface area contributed by atoms with Crippen LogP contribution in [0.3, 0.4) is 0 Å². The second-order valence-corrected chi connectivity index (χ2v) is 7.14. The van der Waals surface area contributed by atoms with Crippen LogP contribution in [-0.2, 0) is 0 Å². The SMILES string of the molecule is C1CCCC2CC3CCCCCC3CC2CC1. The Morgan fingerprint density at radius 2 is 0.647 bits per heavy atom. The molecule has 0 spiro atoms. The molecule has 3 aliphatic rings. The minimum atomic E-state index is 1.13. The van der Waals surface area contributed by atoms with Crippen molar-refractivity contribution in [2.45, 2.75) is 83.5 Å². The van der Waals surface area contributed by atoms with Crippen LogP contribution in [0, 0.1) is 23.7 Å². The Morgan fingerprint density at radius 3 is 1.00 bits per heavy atom. The molecule has 4 atom stereocenters. The average molecular weight is 234 g/mol. The molecule has 4 unspecified atom stereocenters. The van der Waals surface area contributed by atoms with Crippen molar-refractivity contribution in [1.82, 2.24) is 0 Å². The van der Waals surface area contributed by atoms with Gasteiger partial charge in [0.15, 0.2) is 0 Å². The van der Waals surface area contributed by atoms with Crippen molar-refractivity contribution in [3.63, 3.8) is 0 Å². The van der Waals surface area contributed by atoms with Gasteiger partial charge in [0, 0.05) is 0 Å². The summed E-state index contributed by atoms with van der Waals surface area (Å²) in [4.78, 5) is 0. The summed E-state index contributed by atoms with van der Waals surface area (Å²) in [6.07, 6.45) is 20.3. The zero-order chi connectivity index (χ0) is 11.5. The van der Waals surface area contributed by atoms with Gasteiger partial charge >= 0.3 is 0 Å². The fourth-order valence-electron chi connectivity index (χ4n) is 5.12. The van der Waals surface area contributed by atoms with E-state index in [1.54, 1.807) is 64.2 Å². The maximum atomic E-state index is 1.62. The molecule has 0 heterocycles. The monoisotopic (exact) mass is 234 g/mol. The van der Waals surface area contributed by atoms with Crippen LogP contribution in [0.2, 0.25) is 0 Å². The quantitative estimate of drug-likeness (QED) is 0.514. The lowest BCUT2D eigenvalue weighted by Gasteiger charge is -2.42. The van der Waals surface area contributed by atoms with Crippen LogP contribution in [0.4, 0.5) is 0 Å². The van der Waals surface area contributed by atoms with Gasteiger partial charge in [0.05, 0.1) is 0 Å². The third-order valence-corrected chi connectivity index (χ3v) is 6.09. The maximum Gasteiger partial charge on any atom is -0.0383 e. The Balaban J connectivity index is 1.66. The molecular formula is C17H30. The topological polar surface area (TPSA) is 0 Å². The molecule has 0 heteroatoms. The van der Waals surface area contributed by atoms with Crippen LogP contribution < -0.4 is 0 Å². The predicted octanol–water partition coefficient (Wildman–Crippen LogP) is 5.56. The molecule has 0 N–H and O–H groups in total. The van der Waals surface area contributed by atoms with E-state index in [2.05, 4.69) is 0 Å². The molecule has 0 aliphatic heterocycles. The highest BCUT2D eigenvalue weighted by molar-refractivity contribution is 4.87. The normalized spacial score (nSPS) is 43.8. The maximum absolute atomic E-state index is 1.62. The summed E-state index contributed by atoms with van der Waals surface area (Å²) in [5, 5.41) is 0. The van der Waals surface area contributed by atoms with Crippen LogP contribution in [0.25, 0.3) is 0 Å². The van der Waals surface area contributed by atoms with Crippen LogP contribution in [-0.4, -0.2) is 0 Å². The predicted molar refractivity (Wildman–Crippen MR) is 74.0 cm³/mol. The molecular weight excluding hydrogens is 204 g/mol. The summed E-state index contributed by atoms with van der Waals surface area (Å²) < 4.78 is 0. The lowest BCUT2D eigenvalue weighted by atomic mass is 9.63. The number of hydrogen-bond donors (Lipinski definition) is 0. The highest BCUT2D eigenvalue weighted by Gasteiger charge is 2.36. The van der Waals surface area contributed by atoms with Crippen molar-refractivity contribution in [1.29, 1.82) is 0 Å². The molecule has 3 fully saturated rings. The fourth-order valence-corrected chi connectivity index (χ4v) is 5.12. The largest absolute Gasteiger partial charge is 0.0533 e. The van der Waals surface area contributed by atoms with Gasteiger partial charge in [-0.2, -0.15) is 0 Å². The summed E-state index contributed by atoms with van der Waals surface area (Å²) in [5.41, 5.74) is 0. The first-order chi connectivity index (χ1) is 8.43. The average Bonchev–Trinajstić information content (AvgIpc) is 2.53. The molecule has 17 heavy (non-hydrogen) atoms. The summed E-state index contributed by atoms with van der Waals surface area (Å²) >= 11 is 0. The highest BCUT2D eigenvalue weighted by atomic mass is 14.4. The van der Waals surface area contributed by atoms with Crippen molar-refractivity contribution in [3.8, 4) is 0 Å². The first-order valence-corrected chi connectivity index (χ1v) is 8.43. The van der Waals surface area contributed by atoms with Gasteiger partial charge in [0.1, 0.15) is 0 Å². The van der Waals surface area contributed by atoms with Crippen molar-refractivity contribution in [2.24, 2.45) is 23.7 Å². The second kappa shape index (κ2) is 5.76. The Labute approximate surface area is 108 Å². The summed E-state index contributed by atoms with van der Waals surface area (Å²) in [7, 11) is 0. The van der Waals surface area contributed by atoms with Crippen molar-refractivity contribution in [2.75, 3.05) is 0 Å². The smallest absolute Gasteiger partial charge is 0.0383 e. The van der Waals surface area contributed by atoms with Crippen molar-refractivity contribution >= 4 is 0 Å². The molecule has 3 saturated carbocycles. The van der Waals surface area contributed by atoms with E-state index in [1.807, 2.05) is 0 Å². The fraction of sp³-hybridized carbons (Fsp3) is 1.00. The molecule has 0 bridgehead atoms. The molecule has 0 aromatic heterocycles. The first-order valence-electron chi connectivity index (χ1n) is 8.43. The standard InChI is InChI=1S/C17H30/c1-2-5-9-15-13-17-11-7-3-6-10-16(17)12-14(15)8-4-1/h14-17H,1-13H2. The molecule has 0 aromatic rings. The van der Waals surface area contributed by atoms with E-state index >= 15 is 0 Å². The lowest BCUT2D eigenvalue weighted by molar-refractivity contribution is 0.0853. The third-order valence-electron chi connectivity index (χ3n) is 6.09. The number of hydrogen-bond acceptors (Lipinski definition) is 0. The van der Waals surface area contributed by atoms with E-state index in [0.29, 0.717) is 0 Å². The second-order valence-electron chi connectivity index (χ2n) is 7.14. The molecule has 3 rings (SSSR count). The van der Waals surface area contributed by atoms with Gasteiger partial charge in [-0.3, -0.25) is 0 Å². The zero-order valence-corrected chi connectivity index (χ0v) is 11.5. The number of fused-ring (bicyclic) bond motifs is 2. The van der Waals surface area contributed by atoms with E-state index < -0.39 is 0 Å². The van der Waals surface area contributed by atoms with E-state index in [-0.39, 0.29) is 0 Å². The highest BCUT2D eigenvalue weighted by Crippen LogP contribution is 2.48. The minimum Gasteiger partial charge on any atom is -0.0533 e. The first kappa shape index (κ1) is 12.1. The Morgan fingerprint density at radius 1 is 0.353 bits per heavy atom. The van der Waals surface area contributed by atoms with E-state index in [1.165, 1.54) is 19.3 Å². The van der Waals surface area contributed by atoms with E-state index in [0.717, 1.165) is 23.7 Å². The lowest BCUT2D eigenvalue weighted by Crippen LogP contribution is -2.32. The van der Waals surface area contributed by atoms with Crippen molar-refractivity contribution in [3.05, 3.63) is 0 Å². The van der Waals surface area contributed by atoms with Gasteiger partial charge in [-0.15, -0.1) is 0 Å². The van der Waals surface area contributed by atoms with E-state index in [4.69, 9.17) is 0 Å². The van der Waals surface area contributed by atoms with Gasteiger partial charge in [0.25, 0.3) is 0 Å². The van der Waals surface area contributed by atoms with Crippen LogP contribution >= 0.6 is 0 Å². The molecule has 98 valence electrons. The molecule has 0 aromatic carbocycles. The summed E-state index contributed by atoms with van der Waals surface area (Å²) in [6.45, 7) is 0. The molecule has 0 radical (unpaired) electrons. The zero-order valence-electron chi connectivity index (χ0n) is 11.5. The van der Waals surface area contributed by atoms with Crippen molar-refractivity contribution < 1.29 is 0 Å². The van der Waals surface area contributed by atoms with Crippen LogP contribution in [0.15, 0.2) is 0 Å². The van der Waals surface area contributed by atoms with Gasteiger partial charge in [0.2, 0.25) is 0 Å². The third kappa shape index (κ3) is 2.88. The Hall–Kier alpha value is 0. The van der Waals surface area contributed by atoms with Crippen LogP contribution in [0.5, 0.6) is 0 Å². The molecule has 0 saturated heterocycles.